The van der Waals surface area contributed by atoms with Gasteiger partial charge in [-0.05, 0) is 23.8 Å². The standard InChI is InChI=1S/C11H16BrNOS/c1-8(2)5-10(6-12)13-11(14)9-3-4-15-7-9/h3-4,7-8,10H,5-6H2,1-2H3,(H,13,14). The van der Waals surface area contributed by atoms with Crippen molar-refractivity contribution in [3.05, 3.63) is 22.4 Å². The van der Waals surface area contributed by atoms with Crippen LogP contribution >= 0.6 is 27.3 Å². The van der Waals surface area contributed by atoms with Gasteiger partial charge in [0.2, 0.25) is 0 Å². The average molecular weight is 290 g/mol. The predicted molar refractivity (Wildman–Crippen MR) is 68.8 cm³/mol. The number of rotatable bonds is 5. The molecule has 2 nitrogen and oxygen atoms in total. The summed E-state index contributed by atoms with van der Waals surface area (Å²) in [5, 5.41) is 7.62. The van der Waals surface area contributed by atoms with Crippen molar-refractivity contribution < 1.29 is 4.79 Å². The first kappa shape index (κ1) is 12.7. The lowest BCUT2D eigenvalue weighted by Crippen LogP contribution is -2.36. The van der Waals surface area contributed by atoms with E-state index < -0.39 is 0 Å². The molecule has 84 valence electrons. The molecule has 4 heteroatoms. The second-order valence-electron chi connectivity index (χ2n) is 3.97. The molecule has 1 heterocycles. The van der Waals surface area contributed by atoms with Gasteiger partial charge in [-0.1, -0.05) is 29.8 Å². The summed E-state index contributed by atoms with van der Waals surface area (Å²) in [4.78, 5) is 11.7. The lowest BCUT2D eigenvalue weighted by atomic mass is 10.1. The normalized spacial score (nSPS) is 12.8. The Morgan fingerprint density at radius 1 is 1.60 bits per heavy atom. The summed E-state index contributed by atoms with van der Waals surface area (Å²) in [5.74, 6) is 0.622. The number of halogens is 1. The lowest BCUT2D eigenvalue weighted by molar-refractivity contribution is 0.0937. The van der Waals surface area contributed by atoms with Gasteiger partial charge in [0.1, 0.15) is 0 Å². The van der Waals surface area contributed by atoms with Gasteiger partial charge in [-0.15, -0.1) is 0 Å². The van der Waals surface area contributed by atoms with Gasteiger partial charge in [-0.25, -0.2) is 0 Å². The van der Waals surface area contributed by atoms with Crippen LogP contribution in [0.15, 0.2) is 16.8 Å². The number of thiophene rings is 1. The Kier molecular flexibility index (Phi) is 5.32. The molecule has 1 N–H and O–H groups in total. The quantitative estimate of drug-likeness (QED) is 0.828. The van der Waals surface area contributed by atoms with Gasteiger partial charge in [0.05, 0.1) is 0 Å². The molecule has 0 radical (unpaired) electrons. The number of alkyl halides is 1. The van der Waals surface area contributed by atoms with E-state index >= 15 is 0 Å². The smallest absolute Gasteiger partial charge is 0.252 e. The Balaban J connectivity index is 2.48. The Morgan fingerprint density at radius 2 is 2.33 bits per heavy atom. The molecule has 1 amide bonds. The summed E-state index contributed by atoms with van der Waals surface area (Å²) >= 11 is 4.97. The number of nitrogens with one attached hydrogen (secondary N) is 1. The van der Waals surface area contributed by atoms with Crippen LogP contribution in [-0.2, 0) is 0 Å². The number of amides is 1. The minimum atomic E-state index is 0.0290. The van der Waals surface area contributed by atoms with Crippen molar-refractivity contribution in [1.82, 2.24) is 5.32 Å². The third-order valence-electron chi connectivity index (χ3n) is 2.06. The molecule has 0 aromatic carbocycles. The van der Waals surface area contributed by atoms with Crippen LogP contribution in [0.2, 0.25) is 0 Å². The maximum Gasteiger partial charge on any atom is 0.252 e. The van der Waals surface area contributed by atoms with E-state index in [1.165, 1.54) is 0 Å². The number of carbonyl (C=O) groups is 1. The van der Waals surface area contributed by atoms with Crippen LogP contribution in [0, 0.1) is 5.92 Å². The molecular formula is C11H16BrNOS. The van der Waals surface area contributed by atoms with Gasteiger partial charge in [-0.3, -0.25) is 4.79 Å². The zero-order valence-corrected chi connectivity index (χ0v) is 11.4. The first-order valence-corrected chi connectivity index (χ1v) is 7.09. The summed E-state index contributed by atoms with van der Waals surface area (Å²) in [6.07, 6.45) is 1.00. The largest absolute Gasteiger partial charge is 0.348 e. The first-order chi connectivity index (χ1) is 7.13. The van der Waals surface area contributed by atoms with E-state index in [9.17, 15) is 4.79 Å². The molecule has 1 atom stereocenters. The highest BCUT2D eigenvalue weighted by molar-refractivity contribution is 9.09. The number of hydrogen-bond donors (Lipinski definition) is 1. The fraction of sp³-hybridized carbons (Fsp3) is 0.545. The van der Waals surface area contributed by atoms with Crippen molar-refractivity contribution in [3.8, 4) is 0 Å². The van der Waals surface area contributed by atoms with Gasteiger partial charge < -0.3 is 5.32 Å². The van der Waals surface area contributed by atoms with Gasteiger partial charge in [0.15, 0.2) is 0 Å². The van der Waals surface area contributed by atoms with Crippen molar-refractivity contribution in [3.63, 3.8) is 0 Å². The molecule has 0 aliphatic rings. The van der Waals surface area contributed by atoms with Crippen LogP contribution in [0.1, 0.15) is 30.6 Å². The molecule has 0 aliphatic carbocycles. The fourth-order valence-electron chi connectivity index (χ4n) is 1.39. The Hall–Kier alpha value is -0.350. The van der Waals surface area contributed by atoms with Crippen molar-refractivity contribution in [2.75, 3.05) is 5.33 Å². The molecule has 0 fully saturated rings. The van der Waals surface area contributed by atoms with Crippen LogP contribution in [-0.4, -0.2) is 17.3 Å². The van der Waals surface area contributed by atoms with Crippen molar-refractivity contribution in [2.45, 2.75) is 26.3 Å². The molecule has 1 aromatic heterocycles. The Morgan fingerprint density at radius 3 is 2.80 bits per heavy atom. The molecular weight excluding hydrogens is 274 g/mol. The molecule has 0 aliphatic heterocycles. The van der Waals surface area contributed by atoms with Crippen molar-refractivity contribution in [1.29, 1.82) is 0 Å². The number of hydrogen-bond acceptors (Lipinski definition) is 2. The molecule has 1 aromatic rings. The molecule has 0 saturated carbocycles. The predicted octanol–water partition coefficient (Wildman–Crippen LogP) is 3.29. The van der Waals surface area contributed by atoms with E-state index in [0.29, 0.717) is 5.92 Å². The van der Waals surface area contributed by atoms with Gasteiger partial charge >= 0.3 is 0 Å². The van der Waals surface area contributed by atoms with Crippen LogP contribution in [0.5, 0.6) is 0 Å². The molecule has 1 unspecified atom stereocenters. The minimum Gasteiger partial charge on any atom is -0.348 e. The molecule has 15 heavy (non-hydrogen) atoms. The first-order valence-electron chi connectivity index (χ1n) is 5.02. The maximum absolute atomic E-state index is 11.7. The maximum atomic E-state index is 11.7. The molecule has 1 rings (SSSR count). The topological polar surface area (TPSA) is 29.1 Å². The second-order valence-corrected chi connectivity index (χ2v) is 5.39. The van der Waals surface area contributed by atoms with E-state index in [2.05, 4.69) is 35.1 Å². The molecule has 0 spiro atoms. The lowest BCUT2D eigenvalue weighted by Gasteiger charge is -2.17. The highest BCUT2D eigenvalue weighted by atomic mass is 79.9. The summed E-state index contributed by atoms with van der Waals surface area (Å²) in [6, 6.07) is 2.07. The van der Waals surface area contributed by atoms with Crippen molar-refractivity contribution >= 4 is 33.2 Å². The van der Waals surface area contributed by atoms with Crippen LogP contribution in [0.4, 0.5) is 0 Å². The Bertz CT molecular complexity index is 298. The summed E-state index contributed by atoms with van der Waals surface area (Å²) in [7, 11) is 0. The third-order valence-corrected chi connectivity index (χ3v) is 3.53. The summed E-state index contributed by atoms with van der Waals surface area (Å²) in [6.45, 7) is 4.32. The number of carbonyl (C=O) groups excluding carboxylic acids is 1. The van der Waals surface area contributed by atoms with Gasteiger partial charge in [0, 0.05) is 22.3 Å². The van der Waals surface area contributed by atoms with E-state index in [0.717, 1.165) is 17.3 Å². The minimum absolute atomic E-state index is 0.0290. The van der Waals surface area contributed by atoms with E-state index in [1.807, 2.05) is 16.8 Å². The monoisotopic (exact) mass is 289 g/mol. The van der Waals surface area contributed by atoms with Gasteiger partial charge in [-0.2, -0.15) is 11.3 Å². The zero-order valence-electron chi connectivity index (χ0n) is 9.00. The zero-order chi connectivity index (χ0) is 11.3. The van der Waals surface area contributed by atoms with Crippen LogP contribution in [0.25, 0.3) is 0 Å². The molecule has 0 saturated heterocycles. The highest BCUT2D eigenvalue weighted by Crippen LogP contribution is 2.10. The highest BCUT2D eigenvalue weighted by Gasteiger charge is 2.13. The fourth-order valence-corrected chi connectivity index (χ4v) is 2.45. The SMILES string of the molecule is CC(C)CC(CBr)NC(=O)c1ccsc1. The second kappa shape index (κ2) is 6.28. The van der Waals surface area contributed by atoms with Crippen molar-refractivity contribution in [2.24, 2.45) is 5.92 Å². The van der Waals surface area contributed by atoms with E-state index in [-0.39, 0.29) is 11.9 Å². The van der Waals surface area contributed by atoms with Gasteiger partial charge in [0.25, 0.3) is 5.91 Å². The van der Waals surface area contributed by atoms with E-state index in [1.54, 1.807) is 11.3 Å². The summed E-state index contributed by atoms with van der Waals surface area (Å²) in [5.41, 5.74) is 0.759. The van der Waals surface area contributed by atoms with Crippen LogP contribution < -0.4 is 5.32 Å². The third kappa shape index (κ3) is 4.34. The Labute approximate surface area is 103 Å². The molecule has 0 bridgehead atoms. The van der Waals surface area contributed by atoms with E-state index in [4.69, 9.17) is 0 Å². The van der Waals surface area contributed by atoms with Crippen LogP contribution in [0.3, 0.4) is 0 Å². The summed E-state index contributed by atoms with van der Waals surface area (Å²) < 4.78 is 0. The average Bonchev–Trinajstić information content (AvgIpc) is 2.68.